The lowest BCUT2D eigenvalue weighted by Crippen LogP contribution is -2.04. The number of benzene rings is 1. The van der Waals surface area contributed by atoms with Crippen LogP contribution in [0.3, 0.4) is 0 Å². The third-order valence-corrected chi connectivity index (χ3v) is 3.51. The van der Waals surface area contributed by atoms with Crippen LogP contribution in [0.15, 0.2) is 38.4 Å². The van der Waals surface area contributed by atoms with Crippen molar-refractivity contribution in [3.63, 3.8) is 0 Å². The monoisotopic (exact) mass is 278 g/mol. The zero-order valence-corrected chi connectivity index (χ0v) is 11.7. The Bertz CT molecular complexity index is 661. The Morgan fingerprint density at radius 3 is 2.63 bits per heavy atom. The summed E-state index contributed by atoms with van der Waals surface area (Å²) in [7, 11) is 1.58. The van der Waals surface area contributed by atoms with Crippen LogP contribution in [-0.2, 0) is 0 Å². The van der Waals surface area contributed by atoms with E-state index in [1.165, 1.54) is 17.8 Å². The van der Waals surface area contributed by atoms with E-state index in [4.69, 9.17) is 9.15 Å². The van der Waals surface area contributed by atoms with Gasteiger partial charge >= 0.3 is 5.63 Å². The Morgan fingerprint density at radius 2 is 2.05 bits per heavy atom. The average Bonchev–Trinajstić information content (AvgIpc) is 2.37. The maximum atomic E-state index is 11.9. The molecule has 0 radical (unpaired) electrons. The van der Waals surface area contributed by atoms with E-state index in [1.54, 1.807) is 26.2 Å². The second kappa shape index (κ2) is 5.40. The van der Waals surface area contributed by atoms with E-state index in [9.17, 15) is 9.90 Å². The van der Waals surface area contributed by atoms with Crippen LogP contribution in [0.4, 0.5) is 0 Å². The fraction of sp³-hybridized carbons (Fsp3) is 0.214. The normalized spacial score (nSPS) is 10.5. The van der Waals surface area contributed by atoms with Gasteiger partial charge in [-0.2, -0.15) is 0 Å². The third kappa shape index (κ3) is 2.61. The van der Waals surface area contributed by atoms with Crippen LogP contribution >= 0.6 is 11.8 Å². The summed E-state index contributed by atoms with van der Waals surface area (Å²) in [6.45, 7) is 1.62. The number of methoxy groups -OCH3 is 1. The first-order valence-corrected chi connectivity index (χ1v) is 6.85. The second-order valence-corrected chi connectivity index (χ2v) is 4.82. The Balaban J connectivity index is 2.69. The molecule has 1 aromatic carbocycles. The summed E-state index contributed by atoms with van der Waals surface area (Å²) < 4.78 is 10.2. The molecule has 0 saturated carbocycles. The summed E-state index contributed by atoms with van der Waals surface area (Å²) in [4.78, 5) is 12.8. The topological polar surface area (TPSA) is 59.7 Å². The zero-order chi connectivity index (χ0) is 14.0. The predicted octanol–water partition coefficient (Wildman–Crippen LogP) is 3.05. The fourth-order valence-corrected chi connectivity index (χ4v) is 2.47. The van der Waals surface area contributed by atoms with Gasteiger partial charge < -0.3 is 14.3 Å². The van der Waals surface area contributed by atoms with E-state index in [0.29, 0.717) is 17.1 Å². The molecule has 0 bridgehead atoms. The van der Waals surface area contributed by atoms with Gasteiger partial charge in [0.05, 0.1) is 7.11 Å². The summed E-state index contributed by atoms with van der Waals surface area (Å²) in [6, 6.07) is 6.74. The minimum absolute atomic E-state index is 0.0748. The Morgan fingerprint density at radius 1 is 1.32 bits per heavy atom. The molecule has 1 heterocycles. The molecule has 0 spiro atoms. The van der Waals surface area contributed by atoms with Crippen molar-refractivity contribution in [3.05, 3.63) is 40.4 Å². The first-order chi connectivity index (χ1) is 9.06. The second-order valence-electron chi connectivity index (χ2n) is 3.97. The molecule has 1 N–H and O–H groups in total. The van der Waals surface area contributed by atoms with Crippen LogP contribution in [0.5, 0.6) is 11.5 Å². The summed E-state index contributed by atoms with van der Waals surface area (Å²) in [5.41, 5.74) is 0.273. The van der Waals surface area contributed by atoms with E-state index >= 15 is 0 Å². The van der Waals surface area contributed by atoms with Crippen LogP contribution in [0, 0.1) is 6.92 Å². The molecule has 0 atom stereocenters. The molecular weight excluding hydrogens is 264 g/mol. The van der Waals surface area contributed by atoms with Gasteiger partial charge in [0.2, 0.25) is 0 Å². The van der Waals surface area contributed by atoms with E-state index in [2.05, 4.69) is 0 Å². The van der Waals surface area contributed by atoms with Crippen LogP contribution < -0.4 is 10.4 Å². The highest BCUT2D eigenvalue weighted by atomic mass is 32.2. The van der Waals surface area contributed by atoms with E-state index in [-0.39, 0.29) is 11.3 Å². The predicted molar refractivity (Wildman–Crippen MR) is 75.1 cm³/mol. The van der Waals surface area contributed by atoms with Crippen molar-refractivity contribution in [3.8, 4) is 22.6 Å². The Hall–Kier alpha value is -1.88. The van der Waals surface area contributed by atoms with Crippen LogP contribution in [0.1, 0.15) is 5.76 Å². The van der Waals surface area contributed by atoms with Crippen LogP contribution in [0.25, 0.3) is 11.1 Å². The van der Waals surface area contributed by atoms with Crippen molar-refractivity contribution in [1.29, 1.82) is 0 Å². The molecule has 0 aliphatic carbocycles. The molecule has 5 heteroatoms. The molecule has 2 rings (SSSR count). The number of aryl methyl sites for hydroxylation is 1. The van der Waals surface area contributed by atoms with Gasteiger partial charge in [0.25, 0.3) is 0 Å². The highest BCUT2D eigenvalue weighted by Crippen LogP contribution is 2.35. The van der Waals surface area contributed by atoms with Gasteiger partial charge in [-0.15, -0.1) is 11.8 Å². The first kappa shape index (κ1) is 13.5. The summed E-state index contributed by atoms with van der Waals surface area (Å²) in [6.07, 6.45) is 1.89. The van der Waals surface area contributed by atoms with Gasteiger partial charge in [-0.05, 0) is 31.4 Å². The number of aromatic hydroxyl groups is 1. The smallest absolute Gasteiger partial charge is 0.347 e. The maximum absolute atomic E-state index is 11.9. The van der Waals surface area contributed by atoms with E-state index in [1.807, 2.05) is 12.3 Å². The number of rotatable bonds is 3. The quantitative estimate of drug-likeness (QED) is 0.874. The maximum Gasteiger partial charge on any atom is 0.347 e. The Kier molecular flexibility index (Phi) is 3.85. The molecule has 0 saturated heterocycles. The molecular formula is C14H14O4S. The van der Waals surface area contributed by atoms with Gasteiger partial charge in [-0.1, -0.05) is 0 Å². The lowest BCUT2D eigenvalue weighted by molar-refractivity contribution is 0.413. The molecule has 0 unspecified atom stereocenters. The molecule has 0 fully saturated rings. The molecule has 0 aliphatic heterocycles. The molecule has 100 valence electrons. The number of hydrogen-bond donors (Lipinski definition) is 1. The van der Waals surface area contributed by atoms with Crippen molar-refractivity contribution >= 4 is 11.8 Å². The minimum atomic E-state index is -0.544. The zero-order valence-electron chi connectivity index (χ0n) is 10.9. The van der Waals surface area contributed by atoms with Crippen LogP contribution in [-0.4, -0.2) is 18.5 Å². The van der Waals surface area contributed by atoms with Gasteiger partial charge in [-0.25, -0.2) is 4.79 Å². The molecule has 19 heavy (non-hydrogen) atoms. The number of ether oxygens (including phenoxy) is 1. The standard InChI is InChI=1S/C14H14O4S/c1-8-6-11(15)13(14(16)18-8)10-5-4-9(17-2)7-12(10)19-3/h4-7,15H,1-3H3. The van der Waals surface area contributed by atoms with Crippen molar-refractivity contribution in [2.75, 3.05) is 13.4 Å². The summed E-state index contributed by atoms with van der Waals surface area (Å²) in [5, 5.41) is 9.97. The largest absolute Gasteiger partial charge is 0.507 e. The molecule has 4 nitrogen and oxygen atoms in total. The average molecular weight is 278 g/mol. The molecule has 0 amide bonds. The van der Waals surface area contributed by atoms with Crippen molar-refractivity contribution in [1.82, 2.24) is 0 Å². The lowest BCUT2D eigenvalue weighted by Gasteiger charge is -2.10. The van der Waals surface area contributed by atoms with Crippen LogP contribution in [0.2, 0.25) is 0 Å². The fourth-order valence-electron chi connectivity index (χ4n) is 1.85. The molecule has 1 aromatic heterocycles. The minimum Gasteiger partial charge on any atom is -0.507 e. The van der Waals surface area contributed by atoms with Crippen molar-refractivity contribution < 1.29 is 14.3 Å². The molecule has 0 aliphatic rings. The first-order valence-electron chi connectivity index (χ1n) is 5.63. The Labute approximate surface area is 115 Å². The number of hydrogen-bond acceptors (Lipinski definition) is 5. The summed E-state index contributed by atoms with van der Waals surface area (Å²) >= 11 is 1.47. The summed E-state index contributed by atoms with van der Waals surface area (Å²) in [5.74, 6) is 1.00. The van der Waals surface area contributed by atoms with Crippen molar-refractivity contribution in [2.45, 2.75) is 11.8 Å². The highest BCUT2D eigenvalue weighted by molar-refractivity contribution is 7.98. The van der Waals surface area contributed by atoms with Gasteiger partial charge in [0.1, 0.15) is 22.8 Å². The van der Waals surface area contributed by atoms with Gasteiger partial charge in [0.15, 0.2) is 0 Å². The van der Waals surface area contributed by atoms with Gasteiger partial charge in [0, 0.05) is 16.5 Å². The molecule has 2 aromatic rings. The SMILES string of the molecule is COc1ccc(-c2c(O)cc(C)oc2=O)c(SC)c1. The highest BCUT2D eigenvalue weighted by Gasteiger charge is 2.16. The van der Waals surface area contributed by atoms with Gasteiger partial charge in [-0.3, -0.25) is 0 Å². The third-order valence-electron chi connectivity index (χ3n) is 2.73. The van der Waals surface area contributed by atoms with E-state index in [0.717, 1.165) is 4.90 Å². The number of thioether (sulfide) groups is 1. The van der Waals surface area contributed by atoms with E-state index < -0.39 is 5.63 Å². The van der Waals surface area contributed by atoms with Crippen molar-refractivity contribution in [2.24, 2.45) is 0 Å². The lowest BCUT2D eigenvalue weighted by atomic mass is 10.1.